The lowest BCUT2D eigenvalue weighted by molar-refractivity contribution is 0.0935. The highest BCUT2D eigenvalue weighted by molar-refractivity contribution is 5.92. The number of carbonyl (C=O) groups is 1. The average molecular weight is 346 g/mol. The van der Waals surface area contributed by atoms with Crippen LogP contribution in [0.25, 0.3) is 11.1 Å². The van der Waals surface area contributed by atoms with Crippen LogP contribution in [0, 0.1) is 0 Å². The molecule has 1 amide bonds. The van der Waals surface area contributed by atoms with Crippen LogP contribution in [0.15, 0.2) is 67.1 Å². The molecule has 3 aromatic rings. The second-order valence-electron chi connectivity index (χ2n) is 6.35. The number of benzene rings is 1. The first-order valence-corrected chi connectivity index (χ1v) is 8.49. The highest BCUT2D eigenvalue weighted by Gasteiger charge is 2.13. The summed E-state index contributed by atoms with van der Waals surface area (Å²) in [5.41, 5.74) is 4.58. The number of amides is 1. The fraction of sp³-hybridized carbons (Fsp3) is 0.190. The van der Waals surface area contributed by atoms with Crippen molar-refractivity contribution < 1.29 is 4.79 Å². The van der Waals surface area contributed by atoms with Gasteiger partial charge >= 0.3 is 0 Å². The molecular formula is C21H22N4O. The van der Waals surface area contributed by atoms with Crippen molar-refractivity contribution in [3.05, 3.63) is 78.4 Å². The van der Waals surface area contributed by atoms with E-state index in [1.54, 1.807) is 18.5 Å². The normalized spacial score (nSPS) is 11.7. The van der Waals surface area contributed by atoms with Gasteiger partial charge < -0.3 is 10.2 Å². The first-order chi connectivity index (χ1) is 12.5. The SMILES string of the molecule is CC(NC(=O)c1ccc(N(C)C)cn1)c1ccc(-c2cccnc2)cc1. The first-order valence-electron chi connectivity index (χ1n) is 8.49. The van der Waals surface area contributed by atoms with Gasteiger partial charge in [0.05, 0.1) is 17.9 Å². The number of anilines is 1. The Hall–Kier alpha value is -3.21. The Labute approximate surface area is 153 Å². The smallest absolute Gasteiger partial charge is 0.270 e. The molecule has 2 heterocycles. The number of carbonyl (C=O) groups excluding carboxylic acids is 1. The number of nitrogens with one attached hydrogen (secondary N) is 1. The van der Waals surface area contributed by atoms with E-state index in [1.807, 2.05) is 74.6 Å². The summed E-state index contributed by atoms with van der Waals surface area (Å²) in [4.78, 5) is 22.7. The number of aromatic nitrogens is 2. The van der Waals surface area contributed by atoms with Crippen molar-refractivity contribution in [2.45, 2.75) is 13.0 Å². The summed E-state index contributed by atoms with van der Waals surface area (Å²) in [5, 5.41) is 2.99. The zero-order valence-electron chi connectivity index (χ0n) is 15.2. The van der Waals surface area contributed by atoms with Gasteiger partial charge in [0.25, 0.3) is 5.91 Å². The Balaban J connectivity index is 1.67. The van der Waals surface area contributed by atoms with Gasteiger partial charge in [-0.2, -0.15) is 0 Å². The van der Waals surface area contributed by atoms with Crippen LogP contribution in [0.1, 0.15) is 29.0 Å². The summed E-state index contributed by atoms with van der Waals surface area (Å²) in [7, 11) is 3.88. The van der Waals surface area contributed by atoms with Crippen molar-refractivity contribution in [2.24, 2.45) is 0 Å². The van der Waals surface area contributed by atoms with Crippen molar-refractivity contribution in [3.8, 4) is 11.1 Å². The van der Waals surface area contributed by atoms with E-state index < -0.39 is 0 Å². The van der Waals surface area contributed by atoms with E-state index in [1.165, 1.54) is 0 Å². The third-order valence-electron chi connectivity index (χ3n) is 4.25. The van der Waals surface area contributed by atoms with Crippen LogP contribution in [0.2, 0.25) is 0 Å². The lowest BCUT2D eigenvalue weighted by Crippen LogP contribution is -2.27. The Bertz CT molecular complexity index is 859. The summed E-state index contributed by atoms with van der Waals surface area (Å²) in [6.07, 6.45) is 5.29. The molecule has 1 atom stereocenters. The van der Waals surface area contributed by atoms with Gasteiger partial charge in [0, 0.05) is 26.5 Å². The second-order valence-corrected chi connectivity index (χ2v) is 6.35. The van der Waals surface area contributed by atoms with Gasteiger partial charge in [0.2, 0.25) is 0 Å². The van der Waals surface area contributed by atoms with Crippen LogP contribution in [0.3, 0.4) is 0 Å². The molecule has 0 radical (unpaired) electrons. The van der Waals surface area contributed by atoms with Gasteiger partial charge in [0.1, 0.15) is 5.69 Å². The van der Waals surface area contributed by atoms with Crippen molar-refractivity contribution in [1.29, 1.82) is 0 Å². The quantitative estimate of drug-likeness (QED) is 0.765. The summed E-state index contributed by atoms with van der Waals surface area (Å²) in [6.45, 7) is 1.96. The van der Waals surface area contributed by atoms with E-state index in [0.717, 1.165) is 22.4 Å². The maximum atomic E-state index is 12.4. The summed E-state index contributed by atoms with van der Waals surface area (Å²) in [6, 6.07) is 15.6. The second kappa shape index (κ2) is 7.78. The topological polar surface area (TPSA) is 58.1 Å². The van der Waals surface area contributed by atoms with Gasteiger partial charge in [-0.25, -0.2) is 4.98 Å². The summed E-state index contributed by atoms with van der Waals surface area (Å²) < 4.78 is 0. The molecule has 3 rings (SSSR count). The van der Waals surface area contributed by atoms with Crippen molar-refractivity contribution in [1.82, 2.24) is 15.3 Å². The molecule has 132 valence electrons. The van der Waals surface area contributed by atoms with Gasteiger partial charge in [-0.3, -0.25) is 9.78 Å². The highest BCUT2D eigenvalue weighted by Crippen LogP contribution is 2.21. The Morgan fingerprint density at radius 2 is 1.77 bits per heavy atom. The average Bonchev–Trinajstić information content (AvgIpc) is 2.68. The Kier molecular flexibility index (Phi) is 5.27. The van der Waals surface area contributed by atoms with Crippen LogP contribution in [-0.4, -0.2) is 30.0 Å². The number of nitrogens with zero attached hydrogens (tertiary/aromatic N) is 3. The minimum atomic E-state index is -0.181. The Morgan fingerprint density at radius 3 is 2.35 bits per heavy atom. The lowest BCUT2D eigenvalue weighted by atomic mass is 10.0. The van der Waals surface area contributed by atoms with Crippen LogP contribution < -0.4 is 10.2 Å². The fourth-order valence-corrected chi connectivity index (χ4v) is 2.64. The van der Waals surface area contributed by atoms with E-state index in [2.05, 4.69) is 15.3 Å². The van der Waals surface area contributed by atoms with E-state index >= 15 is 0 Å². The molecule has 0 spiro atoms. The lowest BCUT2D eigenvalue weighted by Gasteiger charge is -2.15. The van der Waals surface area contributed by atoms with E-state index in [9.17, 15) is 4.79 Å². The van der Waals surface area contributed by atoms with E-state index in [0.29, 0.717) is 5.69 Å². The van der Waals surface area contributed by atoms with Crippen LogP contribution in [-0.2, 0) is 0 Å². The molecule has 0 bridgehead atoms. The molecular weight excluding hydrogens is 324 g/mol. The van der Waals surface area contributed by atoms with Crippen molar-refractivity contribution >= 4 is 11.6 Å². The molecule has 0 aliphatic rings. The first kappa shape index (κ1) is 17.6. The van der Waals surface area contributed by atoms with Crippen LogP contribution >= 0.6 is 0 Å². The molecule has 0 aliphatic heterocycles. The van der Waals surface area contributed by atoms with E-state index in [4.69, 9.17) is 0 Å². The third kappa shape index (κ3) is 4.06. The number of rotatable bonds is 5. The minimum absolute atomic E-state index is 0.110. The monoisotopic (exact) mass is 346 g/mol. The zero-order chi connectivity index (χ0) is 18.5. The van der Waals surface area contributed by atoms with Crippen molar-refractivity contribution in [2.75, 3.05) is 19.0 Å². The van der Waals surface area contributed by atoms with Gasteiger partial charge in [-0.05, 0) is 41.8 Å². The largest absolute Gasteiger partial charge is 0.376 e. The zero-order valence-corrected chi connectivity index (χ0v) is 15.2. The van der Waals surface area contributed by atoms with Gasteiger partial charge in [-0.1, -0.05) is 30.3 Å². The standard InChI is InChI=1S/C21H22N4O/c1-15(24-21(26)20-11-10-19(14-23-20)25(2)3)16-6-8-17(9-7-16)18-5-4-12-22-13-18/h4-15H,1-3H3,(H,24,26). The summed E-state index contributed by atoms with van der Waals surface area (Å²) in [5.74, 6) is -0.181. The molecule has 0 aliphatic carbocycles. The minimum Gasteiger partial charge on any atom is -0.376 e. The highest BCUT2D eigenvalue weighted by atomic mass is 16.1. The predicted molar refractivity (Wildman–Crippen MR) is 104 cm³/mol. The number of pyridine rings is 2. The molecule has 0 saturated heterocycles. The third-order valence-corrected chi connectivity index (χ3v) is 4.25. The van der Waals surface area contributed by atoms with Crippen LogP contribution in [0.5, 0.6) is 0 Å². The molecule has 5 nitrogen and oxygen atoms in total. The van der Waals surface area contributed by atoms with E-state index in [-0.39, 0.29) is 11.9 Å². The molecule has 2 aromatic heterocycles. The molecule has 1 aromatic carbocycles. The van der Waals surface area contributed by atoms with Crippen LogP contribution in [0.4, 0.5) is 5.69 Å². The maximum Gasteiger partial charge on any atom is 0.270 e. The maximum absolute atomic E-state index is 12.4. The molecule has 1 unspecified atom stereocenters. The number of hydrogen-bond donors (Lipinski definition) is 1. The molecule has 0 saturated carbocycles. The predicted octanol–water partition coefficient (Wildman–Crippen LogP) is 3.70. The number of hydrogen-bond acceptors (Lipinski definition) is 4. The fourth-order valence-electron chi connectivity index (χ4n) is 2.64. The molecule has 5 heteroatoms. The molecule has 26 heavy (non-hydrogen) atoms. The summed E-state index contributed by atoms with van der Waals surface area (Å²) >= 11 is 0. The van der Waals surface area contributed by atoms with Gasteiger partial charge in [0.15, 0.2) is 0 Å². The molecule has 1 N–H and O–H groups in total. The molecule has 0 fully saturated rings. The Morgan fingerprint density at radius 1 is 1.00 bits per heavy atom. The van der Waals surface area contributed by atoms with Crippen molar-refractivity contribution in [3.63, 3.8) is 0 Å². The van der Waals surface area contributed by atoms with Gasteiger partial charge in [-0.15, -0.1) is 0 Å².